The Bertz CT molecular complexity index is 288. The highest BCUT2D eigenvalue weighted by Crippen LogP contribution is 2.30. The van der Waals surface area contributed by atoms with Gasteiger partial charge in [0.05, 0.1) is 12.6 Å². The van der Waals surface area contributed by atoms with Gasteiger partial charge >= 0.3 is 0 Å². The Hall–Kier alpha value is -0.740. The molecule has 0 radical (unpaired) electrons. The molecular weight excluding hydrogens is 188 g/mol. The molecule has 1 saturated heterocycles. The maximum Gasteiger partial charge on any atom is 0.129 e. The molecule has 0 amide bonds. The summed E-state index contributed by atoms with van der Waals surface area (Å²) in [7, 11) is 1.78. The van der Waals surface area contributed by atoms with Gasteiger partial charge in [-0.15, -0.1) is 0 Å². The first-order valence-corrected chi connectivity index (χ1v) is 4.74. The molecule has 2 aliphatic rings. The highest BCUT2D eigenvalue weighted by atomic mass is 19.1. The van der Waals surface area contributed by atoms with Gasteiger partial charge in [-0.1, -0.05) is 6.08 Å². The Morgan fingerprint density at radius 1 is 1.50 bits per heavy atom. The molecule has 0 aromatic carbocycles. The Morgan fingerprint density at radius 2 is 2.29 bits per heavy atom. The van der Waals surface area contributed by atoms with Crippen LogP contribution in [0.5, 0.6) is 0 Å². The van der Waals surface area contributed by atoms with Gasteiger partial charge in [0, 0.05) is 13.5 Å². The molecule has 0 spiro atoms. The van der Waals surface area contributed by atoms with E-state index in [1.54, 1.807) is 18.2 Å². The largest absolute Gasteiger partial charge is 0.299 e. The van der Waals surface area contributed by atoms with Crippen molar-refractivity contribution < 1.29 is 13.6 Å². The van der Waals surface area contributed by atoms with E-state index in [2.05, 4.69) is 0 Å². The highest BCUT2D eigenvalue weighted by molar-refractivity contribution is 5.29. The first kappa shape index (κ1) is 9.80. The van der Waals surface area contributed by atoms with E-state index in [1.165, 1.54) is 6.08 Å². The van der Waals surface area contributed by atoms with Crippen LogP contribution in [0.15, 0.2) is 23.6 Å². The molecule has 2 atom stereocenters. The van der Waals surface area contributed by atoms with E-state index in [0.717, 1.165) is 6.42 Å². The lowest BCUT2D eigenvalue weighted by Gasteiger charge is -2.24. The Labute approximate surface area is 81.8 Å². The summed E-state index contributed by atoms with van der Waals surface area (Å²) in [6, 6.07) is -0.0330. The molecule has 78 valence electrons. The molecule has 2 rings (SSSR count). The van der Waals surface area contributed by atoms with Gasteiger partial charge in [0.15, 0.2) is 0 Å². The summed E-state index contributed by atoms with van der Waals surface area (Å²) < 4.78 is 26.2. The molecule has 0 aromatic heterocycles. The standard InChI is InChI=1S/C10H13F2NO/c1-13-10(4-5-14-13)8-3-2-7(11)6-9(8)12/h2-3,9-10H,4-6H2,1H3. The summed E-state index contributed by atoms with van der Waals surface area (Å²) >= 11 is 0. The molecule has 0 aromatic rings. The average molecular weight is 201 g/mol. The summed E-state index contributed by atoms with van der Waals surface area (Å²) in [5.41, 5.74) is 0.631. The van der Waals surface area contributed by atoms with E-state index in [1.807, 2.05) is 0 Å². The Balaban J connectivity index is 2.16. The minimum Gasteiger partial charge on any atom is -0.299 e. The van der Waals surface area contributed by atoms with Crippen LogP contribution in [-0.4, -0.2) is 30.9 Å². The van der Waals surface area contributed by atoms with E-state index in [0.29, 0.717) is 12.2 Å². The number of alkyl halides is 1. The Kier molecular flexibility index (Phi) is 2.65. The lowest BCUT2D eigenvalue weighted by atomic mass is 9.94. The summed E-state index contributed by atoms with van der Waals surface area (Å²) in [5, 5.41) is 1.65. The van der Waals surface area contributed by atoms with E-state index < -0.39 is 6.17 Å². The quantitative estimate of drug-likeness (QED) is 0.644. The van der Waals surface area contributed by atoms with Gasteiger partial charge in [-0.25, -0.2) is 8.78 Å². The zero-order valence-electron chi connectivity index (χ0n) is 8.04. The van der Waals surface area contributed by atoms with Crippen LogP contribution in [0.4, 0.5) is 8.78 Å². The van der Waals surface area contributed by atoms with Crippen LogP contribution in [0, 0.1) is 0 Å². The maximum absolute atomic E-state index is 13.5. The van der Waals surface area contributed by atoms with Crippen LogP contribution in [0.3, 0.4) is 0 Å². The third kappa shape index (κ3) is 1.72. The SMILES string of the molecule is CN1OCCC1C1=CC=C(F)CC1F. The minimum atomic E-state index is -1.20. The number of halogens is 2. The monoisotopic (exact) mass is 201 g/mol. The van der Waals surface area contributed by atoms with Crippen LogP contribution in [0.2, 0.25) is 0 Å². The molecule has 1 aliphatic carbocycles. The number of rotatable bonds is 1. The second-order valence-electron chi connectivity index (χ2n) is 3.64. The van der Waals surface area contributed by atoms with Gasteiger partial charge in [0.25, 0.3) is 0 Å². The van der Waals surface area contributed by atoms with Gasteiger partial charge in [0.2, 0.25) is 0 Å². The molecule has 4 heteroatoms. The third-order valence-corrected chi connectivity index (χ3v) is 2.70. The number of allylic oxidation sites excluding steroid dienone is 3. The molecule has 14 heavy (non-hydrogen) atoms. The number of hydrogen-bond acceptors (Lipinski definition) is 2. The molecular formula is C10H13F2NO. The fourth-order valence-corrected chi connectivity index (χ4v) is 1.92. The van der Waals surface area contributed by atoms with Crippen molar-refractivity contribution in [3.63, 3.8) is 0 Å². The van der Waals surface area contributed by atoms with Gasteiger partial charge < -0.3 is 0 Å². The molecule has 1 fully saturated rings. The predicted molar refractivity (Wildman–Crippen MR) is 48.9 cm³/mol. The molecule has 0 saturated carbocycles. The van der Waals surface area contributed by atoms with Gasteiger partial charge in [-0.2, -0.15) is 5.06 Å². The molecule has 1 heterocycles. The average Bonchev–Trinajstić information content (AvgIpc) is 2.52. The lowest BCUT2D eigenvalue weighted by molar-refractivity contribution is -0.104. The molecule has 2 unspecified atom stereocenters. The Morgan fingerprint density at radius 3 is 2.86 bits per heavy atom. The van der Waals surface area contributed by atoms with Crippen molar-refractivity contribution in [1.29, 1.82) is 0 Å². The summed E-state index contributed by atoms with van der Waals surface area (Å²) in [6.45, 7) is 0.609. The van der Waals surface area contributed by atoms with Crippen LogP contribution >= 0.6 is 0 Å². The third-order valence-electron chi connectivity index (χ3n) is 2.70. The van der Waals surface area contributed by atoms with Gasteiger partial charge in [0.1, 0.15) is 12.0 Å². The van der Waals surface area contributed by atoms with Crippen molar-refractivity contribution in [3.05, 3.63) is 23.6 Å². The van der Waals surface area contributed by atoms with E-state index in [9.17, 15) is 8.78 Å². The second kappa shape index (κ2) is 3.79. The molecule has 0 bridgehead atoms. The molecule has 1 aliphatic heterocycles. The number of likely N-dealkylation sites (N-methyl/N-ethyl adjacent to an activating group) is 1. The number of hydrogen-bond donors (Lipinski definition) is 0. The smallest absolute Gasteiger partial charge is 0.129 e. The van der Waals surface area contributed by atoms with Crippen molar-refractivity contribution >= 4 is 0 Å². The maximum atomic E-state index is 13.5. The highest BCUT2D eigenvalue weighted by Gasteiger charge is 2.32. The minimum absolute atomic E-state index is 0.0330. The van der Waals surface area contributed by atoms with Crippen LogP contribution < -0.4 is 0 Å². The van der Waals surface area contributed by atoms with Crippen LogP contribution in [-0.2, 0) is 4.84 Å². The summed E-state index contributed by atoms with van der Waals surface area (Å²) in [4.78, 5) is 5.21. The zero-order valence-corrected chi connectivity index (χ0v) is 8.04. The summed E-state index contributed by atoms with van der Waals surface area (Å²) in [5.74, 6) is -0.386. The van der Waals surface area contributed by atoms with Gasteiger partial charge in [-0.3, -0.25) is 4.84 Å². The molecule has 0 N–H and O–H groups in total. The van der Waals surface area contributed by atoms with Gasteiger partial charge in [-0.05, 0) is 18.1 Å². The zero-order chi connectivity index (χ0) is 10.1. The van der Waals surface area contributed by atoms with Crippen LogP contribution in [0.25, 0.3) is 0 Å². The first-order chi connectivity index (χ1) is 6.68. The normalized spacial score (nSPS) is 34.2. The predicted octanol–water partition coefficient (Wildman–Crippen LogP) is 2.14. The molecule has 2 nitrogen and oxygen atoms in total. The summed E-state index contributed by atoms with van der Waals surface area (Å²) in [6.07, 6.45) is 2.33. The van der Waals surface area contributed by atoms with E-state index in [-0.39, 0.29) is 18.3 Å². The van der Waals surface area contributed by atoms with Crippen molar-refractivity contribution in [1.82, 2.24) is 5.06 Å². The fraction of sp³-hybridized carbons (Fsp3) is 0.600. The van der Waals surface area contributed by atoms with Crippen molar-refractivity contribution in [2.75, 3.05) is 13.7 Å². The second-order valence-corrected chi connectivity index (χ2v) is 3.64. The van der Waals surface area contributed by atoms with Crippen LogP contribution in [0.1, 0.15) is 12.8 Å². The topological polar surface area (TPSA) is 12.5 Å². The van der Waals surface area contributed by atoms with Crippen molar-refractivity contribution in [2.45, 2.75) is 25.1 Å². The number of hydroxylamine groups is 2. The van der Waals surface area contributed by atoms with E-state index >= 15 is 0 Å². The first-order valence-electron chi connectivity index (χ1n) is 4.74. The van der Waals surface area contributed by atoms with E-state index in [4.69, 9.17) is 4.84 Å². The van der Waals surface area contributed by atoms with Crippen molar-refractivity contribution in [3.8, 4) is 0 Å². The number of nitrogens with zero attached hydrogens (tertiary/aromatic N) is 1. The van der Waals surface area contributed by atoms with Crippen molar-refractivity contribution in [2.24, 2.45) is 0 Å². The lowest BCUT2D eigenvalue weighted by Crippen LogP contribution is -2.30. The fourth-order valence-electron chi connectivity index (χ4n) is 1.92.